The Balaban J connectivity index is 2.60. The smallest absolute Gasteiger partial charge is 0.134 e. The lowest BCUT2D eigenvalue weighted by molar-refractivity contribution is 0.403. The number of methoxy groups -OCH3 is 1. The van der Waals surface area contributed by atoms with Crippen LogP contribution in [0.4, 0.5) is 13.2 Å². The molecule has 1 unspecified atom stereocenters. The van der Waals surface area contributed by atoms with Crippen molar-refractivity contribution in [2.75, 3.05) is 14.2 Å². The lowest BCUT2D eigenvalue weighted by Crippen LogP contribution is -2.21. The maximum atomic E-state index is 14.0. The van der Waals surface area contributed by atoms with Crippen LogP contribution in [0, 0.1) is 17.5 Å². The molecule has 1 atom stereocenters. The van der Waals surface area contributed by atoms with Gasteiger partial charge in [-0.1, -0.05) is 17.7 Å². The normalized spacial score (nSPS) is 12.3. The summed E-state index contributed by atoms with van der Waals surface area (Å²) in [7, 11) is 2.97. The van der Waals surface area contributed by atoms with Gasteiger partial charge in [0.15, 0.2) is 0 Å². The summed E-state index contributed by atoms with van der Waals surface area (Å²) in [5.74, 6) is -2.52. The Morgan fingerprint density at radius 2 is 1.71 bits per heavy atom. The SMILES string of the molecule is CNC(c1ccc(Cl)cc1OC)c1c(F)cc(F)cc1F. The Bertz CT molecular complexity index is 640. The van der Waals surface area contributed by atoms with Gasteiger partial charge in [-0.15, -0.1) is 0 Å². The molecule has 0 heterocycles. The van der Waals surface area contributed by atoms with Gasteiger partial charge in [0.1, 0.15) is 23.2 Å². The van der Waals surface area contributed by atoms with E-state index in [-0.39, 0.29) is 5.56 Å². The lowest BCUT2D eigenvalue weighted by atomic mass is 9.97. The molecule has 2 nitrogen and oxygen atoms in total. The average Bonchev–Trinajstić information content (AvgIpc) is 2.43. The minimum atomic E-state index is -0.969. The van der Waals surface area contributed by atoms with Crippen molar-refractivity contribution in [2.24, 2.45) is 0 Å². The van der Waals surface area contributed by atoms with Crippen LogP contribution < -0.4 is 10.1 Å². The van der Waals surface area contributed by atoms with E-state index in [0.29, 0.717) is 28.5 Å². The Morgan fingerprint density at radius 1 is 1.10 bits per heavy atom. The number of nitrogens with one attached hydrogen (secondary N) is 1. The Morgan fingerprint density at radius 3 is 2.24 bits per heavy atom. The maximum Gasteiger partial charge on any atom is 0.134 e. The molecule has 112 valence electrons. The lowest BCUT2D eigenvalue weighted by Gasteiger charge is -2.21. The van der Waals surface area contributed by atoms with Crippen LogP contribution in [0.25, 0.3) is 0 Å². The highest BCUT2D eigenvalue weighted by atomic mass is 35.5. The molecular formula is C15H13ClF3NO. The molecule has 0 aliphatic rings. The summed E-state index contributed by atoms with van der Waals surface area (Å²) in [5, 5.41) is 3.24. The predicted molar refractivity (Wildman–Crippen MR) is 75.2 cm³/mol. The van der Waals surface area contributed by atoms with Crippen molar-refractivity contribution < 1.29 is 17.9 Å². The molecule has 0 aromatic heterocycles. The maximum absolute atomic E-state index is 14.0. The molecule has 21 heavy (non-hydrogen) atoms. The number of rotatable bonds is 4. The summed E-state index contributed by atoms with van der Waals surface area (Å²) >= 11 is 5.87. The van der Waals surface area contributed by atoms with Crippen LogP contribution in [-0.4, -0.2) is 14.2 Å². The largest absolute Gasteiger partial charge is 0.496 e. The van der Waals surface area contributed by atoms with Crippen LogP contribution in [-0.2, 0) is 0 Å². The highest BCUT2D eigenvalue weighted by Gasteiger charge is 2.24. The first kappa shape index (κ1) is 15.7. The molecule has 0 fully saturated rings. The van der Waals surface area contributed by atoms with E-state index in [1.807, 2.05) is 0 Å². The van der Waals surface area contributed by atoms with Gasteiger partial charge in [0.05, 0.1) is 13.2 Å². The van der Waals surface area contributed by atoms with Gasteiger partial charge in [0.25, 0.3) is 0 Å². The van der Waals surface area contributed by atoms with E-state index >= 15 is 0 Å². The molecule has 0 bridgehead atoms. The Labute approximate surface area is 125 Å². The fourth-order valence-electron chi connectivity index (χ4n) is 2.21. The standard InChI is InChI=1S/C15H13ClF3NO/c1-20-15(10-4-3-8(16)5-13(10)21-2)14-11(18)6-9(17)7-12(14)19/h3-7,15,20H,1-2H3. The average molecular weight is 316 g/mol. The van der Waals surface area contributed by atoms with Crippen molar-refractivity contribution in [3.05, 3.63) is 63.9 Å². The molecule has 0 amide bonds. The zero-order valence-electron chi connectivity index (χ0n) is 11.4. The quantitative estimate of drug-likeness (QED) is 0.918. The number of hydrogen-bond donors (Lipinski definition) is 1. The minimum absolute atomic E-state index is 0.278. The van der Waals surface area contributed by atoms with E-state index in [9.17, 15) is 13.2 Å². The highest BCUT2D eigenvalue weighted by molar-refractivity contribution is 6.30. The van der Waals surface area contributed by atoms with Crippen molar-refractivity contribution in [3.8, 4) is 5.75 Å². The fraction of sp³-hybridized carbons (Fsp3) is 0.200. The zero-order valence-corrected chi connectivity index (χ0v) is 12.1. The molecular weight excluding hydrogens is 303 g/mol. The molecule has 6 heteroatoms. The number of benzene rings is 2. The first-order valence-electron chi connectivity index (χ1n) is 6.13. The summed E-state index contributed by atoms with van der Waals surface area (Å²) < 4.78 is 46.1. The van der Waals surface area contributed by atoms with Gasteiger partial charge >= 0.3 is 0 Å². The second-order valence-corrected chi connectivity index (χ2v) is 4.83. The van der Waals surface area contributed by atoms with Crippen LogP contribution in [0.15, 0.2) is 30.3 Å². The third-order valence-corrected chi connectivity index (χ3v) is 3.36. The zero-order chi connectivity index (χ0) is 15.6. The number of ether oxygens (including phenoxy) is 1. The summed E-state index contributed by atoms with van der Waals surface area (Å²) in [6.07, 6.45) is 0. The predicted octanol–water partition coefficient (Wildman–Crippen LogP) is 4.07. The summed E-state index contributed by atoms with van der Waals surface area (Å²) in [5.41, 5.74) is 0.216. The van der Waals surface area contributed by atoms with Gasteiger partial charge in [-0.05, 0) is 19.2 Å². The van der Waals surface area contributed by atoms with Crippen LogP contribution in [0.1, 0.15) is 17.2 Å². The molecule has 2 rings (SSSR count). The molecule has 0 aliphatic carbocycles. The van der Waals surface area contributed by atoms with Crippen LogP contribution in [0.2, 0.25) is 5.02 Å². The number of halogens is 4. The van der Waals surface area contributed by atoms with E-state index in [1.165, 1.54) is 7.11 Å². The highest BCUT2D eigenvalue weighted by Crippen LogP contribution is 2.34. The molecule has 0 spiro atoms. The van der Waals surface area contributed by atoms with Crippen LogP contribution in [0.3, 0.4) is 0 Å². The Hall–Kier alpha value is -1.72. The molecule has 0 radical (unpaired) electrons. The van der Waals surface area contributed by atoms with Gasteiger partial charge < -0.3 is 10.1 Å². The van der Waals surface area contributed by atoms with E-state index in [1.54, 1.807) is 25.2 Å². The second kappa shape index (κ2) is 6.37. The monoisotopic (exact) mass is 315 g/mol. The second-order valence-electron chi connectivity index (χ2n) is 4.39. The summed E-state index contributed by atoms with van der Waals surface area (Å²) in [6, 6.07) is 5.18. The fourth-order valence-corrected chi connectivity index (χ4v) is 2.37. The third-order valence-electron chi connectivity index (χ3n) is 3.13. The van der Waals surface area contributed by atoms with Crippen molar-refractivity contribution in [1.82, 2.24) is 5.32 Å². The van der Waals surface area contributed by atoms with Crippen LogP contribution >= 0.6 is 11.6 Å². The number of hydrogen-bond acceptors (Lipinski definition) is 2. The van der Waals surface area contributed by atoms with Gasteiger partial charge in [-0.25, -0.2) is 13.2 Å². The van der Waals surface area contributed by atoms with E-state index in [4.69, 9.17) is 16.3 Å². The van der Waals surface area contributed by atoms with E-state index < -0.39 is 23.5 Å². The van der Waals surface area contributed by atoms with Gasteiger partial charge in [0, 0.05) is 28.3 Å². The minimum Gasteiger partial charge on any atom is -0.496 e. The molecule has 0 saturated carbocycles. The third kappa shape index (κ3) is 3.14. The van der Waals surface area contributed by atoms with Gasteiger partial charge in [0.2, 0.25) is 0 Å². The van der Waals surface area contributed by atoms with Crippen molar-refractivity contribution >= 4 is 11.6 Å². The van der Waals surface area contributed by atoms with Crippen molar-refractivity contribution in [2.45, 2.75) is 6.04 Å². The molecule has 2 aromatic carbocycles. The van der Waals surface area contributed by atoms with Gasteiger partial charge in [-0.3, -0.25) is 0 Å². The van der Waals surface area contributed by atoms with Gasteiger partial charge in [-0.2, -0.15) is 0 Å². The summed E-state index contributed by atoms with van der Waals surface area (Å²) in [4.78, 5) is 0. The van der Waals surface area contributed by atoms with E-state index in [2.05, 4.69) is 5.32 Å². The van der Waals surface area contributed by atoms with Crippen molar-refractivity contribution in [3.63, 3.8) is 0 Å². The topological polar surface area (TPSA) is 21.3 Å². The molecule has 0 saturated heterocycles. The summed E-state index contributed by atoms with van der Waals surface area (Å²) in [6.45, 7) is 0. The van der Waals surface area contributed by atoms with Crippen molar-refractivity contribution in [1.29, 1.82) is 0 Å². The molecule has 1 N–H and O–H groups in total. The Kier molecular flexibility index (Phi) is 4.75. The first-order chi connectivity index (χ1) is 9.97. The molecule has 2 aromatic rings. The van der Waals surface area contributed by atoms with Crippen LogP contribution in [0.5, 0.6) is 5.75 Å². The van der Waals surface area contributed by atoms with E-state index in [0.717, 1.165) is 0 Å². The molecule has 0 aliphatic heterocycles. The first-order valence-corrected chi connectivity index (χ1v) is 6.51.